The van der Waals surface area contributed by atoms with Crippen molar-refractivity contribution in [3.63, 3.8) is 0 Å². The fraction of sp³-hybridized carbons (Fsp3) is 0.588. The molecule has 0 radical (unpaired) electrons. The summed E-state index contributed by atoms with van der Waals surface area (Å²) in [6.45, 7) is 0.886. The first-order valence-corrected chi connectivity index (χ1v) is 8.35. The van der Waals surface area contributed by atoms with Gasteiger partial charge in [0.2, 0.25) is 5.91 Å². The van der Waals surface area contributed by atoms with E-state index < -0.39 is 24.2 Å². The maximum Gasteiger partial charge on any atom is 0.408 e. The van der Waals surface area contributed by atoms with Crippen LogP contribution in [0.25, 0.3) is 0 Å². The average molecular weight is 358 g/mol. The molecule has 0 aliphatic carbocycles. The second kappa shape index (κ2) is 7.11. The lowest BCUT2D eigenvalue weighted by molar-refractivity contribution is -0.196. The van der Waals surface area contributed by atoms with Gasteiger partial charge in [-0.05, 0) is 37.0 Å². The minimum absolute atomic E-state index is 0.00105. The Bertz CT molecular complexity index is 636. The van der Waals surface area contributed by atoms with Crippen molar-refractivity contribution in [1.29, 1.82) is 0 Å². The number of benzene rings is 1. The Kier molecular flexibility index (Phi) is 5.08. The smallest absolute Gasteiger partial charge is 0.408 e. The van der Waals surface area contributed by atoms with Gasteiger partial charge in [0, 0.05) is 19.0 Å². The summed E-state index contributed by atoms with van der Waals surface area (Å²) in [6.07, 6.45) is -3.95. The number of nitrogens with two attached hydrogens (primary N) is 1. The highest BCUT2D eigenvalue weighted by Crippen LogP contribution is 2.33. The quantitative estimate of drug-likeness (QED) is 0.900. The molecule has 2 heterocycles. The van der Waals surface area contributed by atoms with Crippen molar-refractivity contribution in [1.82, 2.24) is 4.90 Å². The van der Waals surface area contributed by atoms with E-state index in [1.54, 1.807) is 18.2 Å². The molecule has 1 aromatic carbocycles. The highest BCUT2D eigenvalue weighted by molar-refractivity contribution is 5.77. The number of rotatable bonds is 3. The van der Waals surface area contributed by atoms with Gasteiger partial charge in [0.05, 0.1) is 0 Å². The molecule has 0 aromatic heterocycles. The Morgan fingerprint density at radius 2 is 1.92 bits per heavy atom. The number of hydrogen-bond acceptors (Lipinski definition) is 4. The molecule has 25 heavy (non-hydrogen) atoms. The maximum absolute atomic E-state index is 13.2. The van der Waals surface area contributed by atoms with Crippen LogP contribution >= 0.6 is 0 Å². The zero-order valence-corrected chi connectivity index (χ0v) is 13.7. The number of nitrogens with zero attached hydrogens (tertiary/aromatic N) is 1. The molecule has 3 rings (SSSR count). The monoisotopic (exact) mass is 358 g/mol. The van der Waals surface area contributed by atoms with E-state index in [0.29, 0.717) is 31.1 Å². The van der Waals surface area contributed by atoms with Crippen molar-refractivity contribution in [2.45, 2.75) is 43.9 Å². The standard InChI is InChI=1S/C17H21F3N2O3/c18-17(19,20)15-5-3-12(21)10-22(15)16(23)6-2-11-1-4-13-14(9-11)25-8-7-24-13/h1,4,9,12,15H,2-3,5-8,10,21H2/t12-,15-/m1/s1. The third-order valence-corrected chi connectivity index (χ3v) is 4.55. The van der Waals surface area contributed by atoms with Gasteiger partial charge >= 0.3 is 6.18 Å². The minimum Gasteiger partial charge on any atom is -0.486 e. The summed E-state index contributed by atoms with van der Waals surface area (Å²) in [5.41, 5.74) is 6.58. The fourth-order valence-corrected chi connectivity index (χ4v) is 3.25. The van der Waals surface area contributed by atoms with E-state index >= 15 is 0 Å². The highest BCUT2D eigenvalue weighted by atomic mass is 19.4. The van der Waals surface area contributed by atoms with Gasteiger partial charge in [-0.1, -0.05) is 6.07 Å². The van der Waals surface area contributed by atoms with Gasteiger partial charge < -0.3 is 20.1 Å². The van der Waals surface area contributed by atoms with Crippen molar-refractivity contribution in [2.24, 2.45) is 5.73 Å². The Morgan fingerprint density at radius 1 is 1.20 bits per heavy atom. The van der Waals surface area contributed by atoms with E-state index in [1.165, 1.54) is 0 Å². The Morgan fingerprint density at radius 3 is 2.64 bits per heavy atom. The molecule has 138 valence electrons. The lowest BCUT2D eigenvalue weighted by Gasteiger charge is -2.39. The summed E-state index contributed by atoms with van der Waals surface area (Å²) < 4.78 is 50.4. The summed E-state index contributed by atoms with van der Waals surface area (Å²) in [4.78, 5) is 13.3. The van der Waals surface area contributed by atoms with Crippen molar-refractivity contribution in [3.05, 3.63) is 23.8 Å². The number of likely N-dealkylation sites (tertiary alicyclic amines) is 1. The predicted octanol–water partition coefficient (Wildman–Crippen LogP) is 2.27. The molecule has 2 aliphatic rings. The molecule has 1 fully saturated rings. The van der Waals surface area contributed by atoms with E-state index in [2.05, 4.69) is 0 Å². The maximum atomic E-state index is 13.2. The predicted molar refractivity (Wildman–Crippen MR) is 84.5 cm³/mol. The third kappa shape index (κ3) is 4.18. The van der Waals surface area contributed by atoms with Crippen LogP contribution in [0.1, 0.15) is 24.8 Å². The van der Waals surface area contributed by atoms with Gasteiger partial charge in [-0.15, -0.1) is 0 Å². The van der Waals surface area contributed by atoms with E-state index in [9.17, 15) is 18.0 Å². The number of hydrogen-bond donors (Lipinski definition) is 1. The Balaban J connectivity index is 1.64. The molecule has 1 amide bonds. The molecule has 0 unspecified atom stereocenters. The summed E-state index contributed by atoms with van der Waals surface area (Å²) in [5, 5.41) is 0. The van der Waals surface area contributed by atoms with Crippen molar-refractivity contribution >= 4 is 5.91 Å². The molecule has 1 aromatic rings. The highest BCUT2D eigenvalue weighted by Gasteiger charge is 2.47. The number of amides is 1. The molecule has 2 aliphatic heterocycles. The Hall–Kier alpha value is -1.96. The fourth-order valence-electron chi connectivity index (χ4n) is 3.25. The molecule has 1 saturated heterocycles. The summed E-state index contributed by atoms with van der Waals surface area (Å²) in [7, 11) is 0. The first-order valence-electron chi connectivity index (χ1n) is 8.35. The van der Waals surface area contributed by atoms with Gasteiger partial charge in [-0.3, -0.25) is 4.79 Å². The average Bonchev–Trinajstić information content (AvgIpc) is 2.58. The molecule has 2 N–H and O–H groups in total. The van der Waals surface area contributed by atoms with Crippen molar-refractivity contribution in [2.75, 3.05) is 19.8 Å². The normalized spacial score (nSPS) is 23.4. The first-order chi connectivity index (χ1) is 11.8. The van der Waals surface area contributed by atoms with Gasteiger partial charge in [0.25, 0.3) is 0 Å². The summed E-state index contributed by atoms with van der Waals surface area (Å²) >= 11 is 0. The second-order valence-electron chi connectivity index (χ2n) is 6.42. The van der Waals surface area contributed by atoms with Crippen LogP contribution in [0.4, 0.5) is 13.2 Å². The number of piperidine rings is 1. The molecule has 8 heteroatoms. The van der Waals surface area contributed by atoms with Crippen LogP contribution in [0.5, 0.6) is 11.5 Å². The van der Waals surface area contributed by atoms with Crippen LogP contribution in [0.15, 0.2) is 18.2 Å². The number of halogens is 3. The van der Waals surface area contributed by atoms with Gasteiger partial charge in [0.15, 0.2) is 11.5 Å². The zero-order chi connectivity index (χ0) is 18.0. The number of fused-ring (bicyclic) bond motifs is 1. The van der Waals surface area contributed by atoms with Crippen LogP contribution in [0.2, 0.25) is 0 Å². The van der Waals surface area contributed by atoms with E-state index in [-0.39, 0.29) is 25.8 Å². The summed E-state index contributed by atoms with van der Waals surface area (Å²) in [5.74, 6) is 0.720. The van der Waals surface area contributed by atoms with Crippen LogP contribution in [0.3, 0.4) is 0 Å². The van der Waals surface area contributed by atoms with Gasteiger partial charge in [0.1, 0.15) is 19.3 Å². The lowest BCUT2D eigenvalue weighted by atomic mass is 9.97. The van der Waals surface area contributed by atoms with E-state index in [0.717, 1.165) is 10.5 Å². The van der Waals surface area contributed by atoms with Gasteiger partial charge in [-0.2, -0.15) is 13.2 Å². The molecule has 0 saturated carbocycles. The van der Waals surface area contributed by atoms with Crippen LogP contribution in [-0.2, 0) is 11.2 Å². The second-order valence-corrected chi connectivity index (χ2v) is 6.42. The molecule has 5 nitrogen and oxygen atoms in total. The number of ether oxygens (including phenoxy) is 2. The molecule has 0 bridgehead atoms. The minimum atomic E-state index is -4.42. The van der Waals surface area contributed by atoms with E-state index in [1.807, 2.05) is 0 Å². The topological polar surface area (TPSA) is 64.8 Å². The van der Waals surface area contributed by atoms with Crippen LogP contribution < -0.4 is 15.2 Å². The third-order valence-electron chi connectivity index (χ3n) is 4.55. The van der Waals surface area contributed by atoms with Crippen molar-refractivity contribution < 1.29 is 27.4 Å². The largest absolute Gasteiger partial charge is 0.486 e. The Labute approximate surface area is 143 Å². The zero-order valence-electron chi connectivity index (χ0n) is 13.7. The molecule has 2 atom stereocenters. The molecular formula is C17H21F3N2O3. The number of aryl methyl sites for hydroxylation is 1. The first kappa shape index (κ1) is 17.8. The van der Waals surface area contributed by atoms with Crippen LogP contribution in [0, 0.1) is 0 Å². The number of alkyl halides is 3. The lowest BCUT2D eigenvalue weighted by Crippen LogP contribution is -2.56. The number of carbonyl (C=O) groups excluding carboxylic acids is 1. The van der Waals surface area contributed by atoms with Crippen molar-refractivity contribution in [3.8, 4) is 11.5 Å². The van der Waals surface area contributed by atoms with Crippen LogP contribution in [-0.4, -0.2) is 48.8 Å². The van der Waals surface area contributed by atoms with E-state index in [4.69, 9.17) is 15.2 Å². The summed E-state index contributed by atoms with van der Waals surface area (Å²) in [6, 6.07) is 3.18. The molecule has 0 spiro atoms. The number of carbonyl (C=O) groups is 1. The van der Waals surface area contributed by atoms with Gasteiger partial charge in [-0.25, -0.2) is 0 Å². The molecular weight excluding hydrogens is 337 g/mol. The SMILES string of the molecule is N[C@@H]1CC[C@H](C(F)(F)F)N(C(=O)CCc2ccc3c(c2)OCCO3)C1.